The first-order chi connectivity index (χ1) is 10.2. The molecule has 1 aliphatic carbocycles. The minimum atomic E-state index is 0.305. The smallest absolute Gasteiger partial charge is 0.125 e. The fraction of sp³-hybridized carbons (Fsp3) is 0.667. The molecule has 0 radical (unpaired) electrons. The molecule has 3 nitrogen and oxygen atoms in total. The maximum absolute atomic E-state index is 5.64. The Bertz CT molecular complexity index is 443. The maximum Gasteiger partial charge on any atom is 0.125 e. The van der Waals surface area contributed by atoms with E-state index in [1.54, 1.807) is 7.11 Å². The van der Waals surface area contributed by atoms with Crippen LogP contribution < -0.4 is 15.0 Å². The SMILES string of the molecule is CCCN(CC1CC1)c1cccc(OC)c1C(C)NCC. The zero-order chi connectivity index (χ0) is 15.2. The van der Waals surface area contributed by atoms with Gasteiger partial charge in [0.2, 0.25) is 0 Å². The van der Waals surface area contributed by atoms with Gasteiger partial charge < -0.3 is 15.0 Å². The van der Waals surface area contributed by atoms with Crippen molar-refractivity contribution in [2.45, 2.75) is 46.1 Å². The number of hydrogen-bond donors (Lipinski definition) is 1. The molecule has 2 rings (SSSR count). The molecule has 0 spiro atoms. The monoisotopic (exact) mass is 290 g/mol. The Kier molecular flexibility index (Phi) is 5.92. The zero-order valence-electron chi connectivity index (χ0n) is 14.0. The molecule has 0 bridgehead atoms. The highest BCUT2D eigenvalue weighted by molar-refractivity contribution is 5.61. The van der Waals surface area contributed by atoms with Crippen LogP contribution >= 0.6 is 0 Å². The Hall–Kier alpha value is -1.22. The van der Waals surface area contributed by atoms with E-state index in [2.05, 4.69) is 49.2 Å². The van der Waals surface area contributed by atoms with Crippen LogP contribution in [-0.4, -0.2) is 26.7 Å². The summed E-state index contributed by atoms with van der Waals surface area (Å²) in [5, 5.41) is 3.54. The number of methoxy groups -OCH3 is 1. The van der Waals surface area contributed by atoms with E-state index in [4.69, 9.17) is 4.74 Å². The van der Waals surface area contributed by atoms with Crippen LogP contribution in [0.3, 0.4) is 0 Å². The molecule has 0 heterocycles. The lowest BCUT2D eigenvalue weighted by Crippen LogP contribution is -2.29. The van der Waals surface area contributed by atoms with Crippen LogP contribution in [0.5, 0.6) is 5.75 Å². The Labute approximate surface area is 129 Å². The molecule has 1 aromatic carbocycles. The number of benzene rings is 1. The van der Waals surface area contributed by atoms with E-state index in [1.807, 2.05) is 0 Å². The van der Waals surface area contributed by atoms with E-state index in [-0.39, 0.29) is 0 Å². The van der Waals surface area contributed by atoms with E-state index in [0.717, 1.165) is 24.8 Å². The van der Waals surface area contributed by atoms with Crippen LogP contribution in [0.15, 0.2) is 18.2 Å². The highest BCUT2D eigenvalue weighted by Gasteiger charge is 2.26. The van der Waals surface area contributed by atoms with Gasteiger partial charge in [0.15, 0.2) is 0 Å². The fourth-order valence-corrected chi connectivity index (χ4v) is 3.02. The Morgan fingerprint density at radius 3 is 2.67 bits per heavy atom. The number of anilines is 1. The standard InChI is InChI=1S/C18H30N2O/c1-5-12-20(13-15-10-11-15)16-8-7-9-17(21-4)18(16)14(3)19-6-2/h7-9,14-15,19H,5-6,10-13H2,1-4H3. The molecule has 1 aromatic rings. The number of nitrogens with zero attached hydrogens (tertiary/aromatic N) is 1. The van der Waals surface area contributed by atoms with Crippen molar-refractivity contribution in [2.75, 3.05) is 31.6 Å². The number of nitrogens with one attached hydrogen (secondary N) is 1. The third-order valence-electron chi connectivity index (χ3n) is 4.22. The largest absolute Gasteiger partial charge is 0.496 e. The summed E-state index contributed by atoms with van der Waals surface area (Å²) in [4.78, 5) is 2.56. The fourth-order valence-electron chi connectivity index (χ4n) is 3.02. The predicted molar refractivity (Wildman–Crippen MR) is 90.3 cm³/mol. The average molecular weight is 290 g/mol. The first kappa shape index (κ1) is 16.2. The van der Waals surface area contributed by atoms with Crippen molar-refractivity contribution < 1.29 is 4.74 Å². The van der Waals surface area contributed by atoms with Crippen molar-refractivity contribution in [3.8, 4) is 5.75 Å². The summed E-state index contributed by atoms with van der Waals surface area (Å²) in [5.41, 5.74) is 2.65. The van der Waals surface area contributed by atoms with Crippen LogP contribution in [-0.2, 0) is 0 Å². The normalized spacial score (nSPS) is 15.8. The predicted octanol–water partition coefficient (Wildman–Crippen LogP) is 3.99. The number of hydrogen-bond acceptors (Lipinski definition) is 3. The summed E-state index contributed by atoms with van der Waals surface area (Å²) >= 11 is 0. The van der Waals surface area contributed by atoms with Crippen LogP contribution in [0.1, 0.15) is 51.6 Å². The summed E-state index contributed by atoms with van der Waals surface area (Å²) in [7, 11) is 1.77. The first-order valence-electron chi connectivity index (χ1n) is 8.36. The summed E-state index contributed by atoms with van der Waals surface area (Å²) in [6, 6.07) is 6.75. The van der Waals surface area contributed by atoms with Gasteiger partial charge in [0.1, 0.15) is 5.75 Å². The Morgan fingerprint density at radius 1 is 1.33 bits per heavy atom. The summed E-state index contributed by atoms with van der Waals surface area (Å²) in [5.74, 6) is 1.89. The van der Waals surface area contributed by atoms with Gasteiger partial charge in [-0.2, -0.15) is 0 Å². The minimum absolute atomic E-state index is 0.305. The molecule has 1 fully saturated rings. The molecular weight excluding hydrogens is 260 g/mol. The van der Waals surface area contributed by atoms with Crippen LogP contribution in [0.25, 0.3) is 0 Å². The highest BCUT2D eigenvalue weighted by Crippen LogP contribution is 2.37. The van der Waals surface area contributed by atoms with E-state index >= 15 is 0 Å². The Morgan fingerprint density at radius 2 is 2.10 bits per heavy atom. The molecule has 21 heavy (non-hydrogen) atoms. The van der Waals surface area contributed by atoms with Gasteiger partial charge in [0.05, 0.1) is 7.11 Å². The maximum atomic E-state index is 5.64. The molecular formula is C18H30N2O. The lowest BCUT2D eigenvalue weighted by atomic mass is 10.0. The van der Waals surface area contributed by atoms with E-state index < -0.39 is 0 Å². The van der Waals surface area contributed by atoms with Gasteiger partial charge in [-0.25, -0.2) is 0 Å². The van der Waals surface area contributed by atoms with Gasteiger partial charge in [-0.05, 0) is 50.8 Å². The lowest BCUT2D eigenvalue weighted by Gasteiger charge is -2.30. The van der Waals surface area contributed by atoms with Crippen LogP contribution in [0.2, 0.25) is 0 Å². The summed E-state index contributed by atoms with van der Waals surface area (Å²) < 4.78 is 5.64. The van der Waals surface area contributed by atoms with E-state index in [1.165, 1.54) is 37.1 Å². The van der Waals surface area contributed by atoms with Crippen LogP contribution in [0.4, 0.5) is 5.69 Å². The molecule has 1 atom stereocenters. The molecule has 1 saturated carbocycles. The van der Waals surface area contributed by atoms with E-state index in [9.17, 15) is 0 Å². The average Bonchev–Trinajstić information content (AvgIpc) is 3.30. The van der Waals surface area contributed by atoms with Gasteiger partial charge in [-0.3, -0.25) is 0 Å². The topological polar surface area (TPSA) is 24.5 Å². The van der Waals surface area contributed by atoms with Gasteiger partial charge >= 0.3 is 0 Å². The molecule has 0 saturated heterocycles. The van der Waals surface area contributed by atoms with Crippen molar-refractivity contribution in [1.82, 2.24) is 5.32 Å². The van der Waals surface area contributed by atoms with Crippen molar-refractivity contribution in [1.29, 1.82) is 0 Å². The molecule has 0 aromatic heterocycles. The third kappa shape index (κ3) is 4.13. The van der Waals surface area contributed by atoms with Crippen molar-refractivity contribution in [3.63, 3.8) is 0 Å². The molecule has 118 valence electrons. The van der Waals surface area contributed by atoms with Crippen LogP contribution in [0, 0.1) is 5.92 Å². The van der Waals surface area contributed by atoms with Crippen molar-refractivity contribution in [3.05, 3.63) is 23.8 Å². The molecule has 3 heteroatoms. The first-order valence-corrected chi connectivity index (χ1v) is 8.36. The number of rotatable bonds is 9. The van der Waals surface area contributed by atoms with Gasteiger partial charge in [0.25, 0.3) is 0 Å². The molecule has 1 aliphatic rings. The zero-order valence-corrected chi connectivity index (χ0v) is 14.0. The summed E-state index contributed by atoms with van der Waals surface area (Å²) in [6.07, 6.45) is 3.96. The van der Waals surface area contributed by atoms with Crippen molar-refractivity contribution >= 4 is 5.69 Å². The number of ether oxygens (including phenoxy) is 1. The van der Waals surface area contributed by atoms with E-state index in [0.29, 0.717) is 6.04 Å². The van der Waals surface area contributed by atoms with Gasteiger partial charge in [-0.15, -0.1) is 0 Å². The molecule has 0 aliphatic heterocycles. The molecule has 1 N–H and O–H groups in total. The molecule has 0 amide bonds. The second kappa shape index (κ2) is 7.69. The van der Waals surface area contributed by atoms with Gasteiger partial charge in [-0.1, -0.05) is 19.9 Å². The second-order valence-corrected chi connectivity index (χ2v) is 6.06. The lowest BCUT2D eigenvalue weighted by molar-refractivity contribution is 0.402. The van der Waals surface area contributed by atoms with Crippen molar-refractivity contribution in [2.24, 2.45) is 5.92 Å². The molecule has 1 unspecified atom stereocenters. The van der Waals surface area contributed by atoms with Gasteiger partial charge in [0, 0.05) is 30.4 Å². The third-order valence-corrected chi connectivity index (χ3v) is 4.22. The minimum Gasteiger partial charge on any atom is -0.496 e. The quantitative estimate of drug-likeness (QED) is 0.744. The summed E-state index contributed by atoms with van der Waals surface area (Å²) in [6.45, 7) is 9.91. The Balaban J connectivity index is 2.33. The second-order valence-electron chi connectivity index (χ2n) is 6.06. The highest BCUT2D eigenvalue weighted by atomic mass is 16.5.